The third-order valence-electron chi connectivity index (χ3n) is 5.19. The predicted octanol–water partition coefficient (Wildman–Crippen LogP) is 5.31. The minimum atomic E-state index is 0.644. The normalized spacial score (nSPS) is 10.9. The number of methoxy groups -OCH3 is 1. The van der Waals surface area contributed by atoms with Gasteiger partial charge in [-0.25, -0.2) is 9.97 Å². The number of hydrogen-bond donors (Lipinski definition) is 2. The number of hydrogen-bond acceptors (Lipinski definition) is 5. The molecule has 0 unspecified atom stereocenters. The van der Waals surface area contributed by atoms with Crippen LogP contribution in [-0.2, 0) is 6.54 Å². The summed E-state index contributed by atoms with van der Waals surface area (Å²) in [6.45, 7) is 0.644. The van der Waals surface area contributed by atoms with Crippen molar-refractivity contribution >= 4 is 17.0 Å². The van der Waals surface area contributed by atoms with Crippen LogP contribution in [0.25, 0.3) is 33.5 Å². The Morgan fingerprint density at radius 3 is 2.45 bits per heavy atom. The van der Waals surface area contributed by atoms with Crippen LogP contribution >= 0.6 is 0 Å². The minimum absolute atomic E-state index is 0.644. The molecule has 152 valence electrons. The molecule has 5 aromatic rings. The molecular formula is C25H21N5O. The molecule has 2 aromatic carbocycles. The molecule has 31 heavy (non-hydrogen) atoms. The highest BCUT2D eigenvalue weighted by atomic mass is 16.5. The number of anilines is 1. The Hall–Kier alpha value is -4.19. The molecule has 3 heterocycles. The summed E-state index contributed by atoms with van der Waals surface area (Å²) >= 11 is 0. The number of benzene rings is 2. The van der Waals surface area contributed by atoms with Gasteiger partial charge >= 0.3 is 0 Å². The fourth-order valence-corrected chi connectivity index (χ4v) is 3.68. The number of nitrogens with one attached hydrogen (secondary N) is 2. The maximum atomic E-state index is 5.24. The topological polar surface area (TPSA) is 75.7 Å². The molecule has 6 nitrogen and oxygen atoms in total. The number of fused-ring (bicyclic) bond motifs is 1. The van der Waals surface area contributed by atoms with E-state index in [1.165, 1.54) is 0 Å². The van der Waals surface area contributed by atoms with Gasteiger partial charge in [0.1, 0.15) is 17.1 Å². The second-order valence-electron chi connectivity index (χ2n) is 7.10. The number of aromatic amines is 1. The van der Waals surface area contributed by atoms with Crippen LogP contribution in [0.4, 0.5) is 5.82 Å². The van der Waals surface area contributed by atoms with Crippen molar-refractivity contribution in [1.29, 1.82) is 0 Å². The number of ether oxygens (including phenoxy) is 1. The van der Waals surface area contributed by atoms with Crippen molar-refractivity contribution in [3.05, 3.63) is 90.9 Å². The van der Waals surface area contributed by atoms with Gasteiger partial charge in [0.25, 0.3) is 0 Å². The van der Waals surface area contributed by atoms with Crippen molar-refractivity contribution in [2.45, 2.75) is 6.54 Å². The van der Waals surface area contributed by atoms with Gasteiger partial charge in [-0.15, -0.1) is 0 Å². The van der Waals surface area contributed by atoms with E-state index in [1.807, 2.05) is 48.5 Å². The van der Waals surface area contributed by atoms with Gasteiger partial charge in [0.05, 0.1) is 12.8 Å². The molecule has 0 saturated carbocycles. The quantitative estimate of drug-likeness (QED) is 0.399. The second kappa shape index (κ2) is 8.28. The number of aromatic nitrogens is 4. The fourth-order valence-electron chi connectivity index (χ4n) is 3.68. The van der Waals surface area contributed by atoms with Crippen LogP contribution in [0.5, 0.6) is 5.75 Å². The fraction of sp³-hybridized carbons (Fsp3) is 0.0800. The van der Waals surface area contributed by atoms with Crippen molar-refractivity contribution in [1.82, 2.24) is 19.9 Å². The Labute approximate surface area is 180 Å². The van der Waals surface area contributed by atoms with Crippen LogP contribution in [-0.4, -0.2) is 27.0 Å². The molecule has 0 aliphatic heterocycles. The SMILES string of the molecule is COc1ccc(CNc2ncccc2-c2[nH]c3nccnc3c2-c2ccccc2)cc1. The minimum Gasteiger partial charge on any atom is -0.497 e. The molecule has 0 amide bonds. The van der Waals surface area contributed by atoms with E-state index in [9.17, 15) is 0 Å². The van der Waals surface area contributed by atoms with Gasteiger partial charge in [0.15, 0.2) is 5.65 Å². The smallest absolute Gasteiger partial charge is 0.157 e. The highest BCUT2D eigenvalue weighted by molar-refractivity contribution is 6.01. The van der Waals surface area contributed by atoms with E-state index in [-0.39, 0.29) is 0 Å². The Kier molecular flexibility index (Phi) is 5.02. The van der Waals surface area contributed by atoms with Crippen LogP contribution in [0.1, 0.15) is 5.56 Å². The maximum Gasteiger partial charge on any atom is 0.157 e. The lowest BCUT2D eigenvalue weighted by Gasteiger charge is -2.12. The largest absolute Gasteiger partial charge is 0.497 e. The number of H-pyrrole nitrogens is 1. The molecule has 3 aromatic heterocycles. The van der Waals surface area contributed by atoms with Gasteiger partial charge < -0.3 is 15.0 Å². The molecule has 0 radical (unpaired) electrons. The molecule has 0 saturated heterocycles. The summed E-state index contributed by atoms with van der Waals surface area (Å²) in [4.78, 5) is 17.2. The van der Waals surface area contributed by atoms with Gasteiger partial charge in [-0.2, -0.15) is 0 Å². The van der Waals surface area contributed by atoms with Crippen LogP contribution in [0.2, 0.25) is 0 Å². The first-order chi connectivity index (χ1) is 15.3. The predicted molar refractivity (Wildman–Crippen MR) is 123 cm³/mol. The molecule has 0 spiro atoms. The van der Waals surface area contributed by atoms with Gasteiger partial charge in [0.2, 0.25) is 0 Å². The first kappa shape index (κ1) is 18.8. The molecule has 6 heteroatoms. The summed E-state index contributed by atoms with van der Waals surface area (Å²) in [5.74, 6) is 1.63. The van der Waals surface area contributed by atoms with E-state index < -0.39 is 0 Å². The van der Waals surface area contributed by atoms with Gasteiger partial charge in [-0.05, 0) is 35.4 Å². The highest BCUT2D eigenvalue weighted by Gasteiger charge is 2.19. The summed E-state index contributed by atoms with van der Waals surface area (Å²) in [7, 11) is 1.67. The van der Waals surface area contributed by atoms with Crippen LogP contribution in [0.3, 0.4) is 0 Å². The third-order valence-corrected chi connectivity index (χ3v) is 5.19. The zero-order valence-electron chi connectivity index (χ0n) is 17.0. The average Bonchev–Trinajstić information content (AvgIpc) is 3.23. The molecule has 0 aliphatic carbocycles. The first-order valence-electron chi connectivity index (χ1n) is 10.0. The molecule has 0 atom stereocenters. The summed E-state index contributed by atoms with van der Waals surface area (Å²) in [6, 6.07) is 22.2. The summed E-state index contributed by atoms with van der Waals surface area (Å²) < 4.78 is 5.24. The van der Waals surface area contributed by atoms with E-state index in [0.29, 0.717) is 6.54 Å². The molecule has 0 aliphatic rings. The number of rotatable bonds is 6. The Bertz CT molecular complexity index is 1310. The van der Waals surface area contributed by atoms with Crippen molar-refractivity contribution in [2.24, 2.45) is 0 Å². The van der Waals surface area contributed by atoms with Crippen LogP contribution in [0, 0.1) is 0 Å². The van der Waals surface area contributed by atoms with Crippen molar-refractivity contribution in [3.8, 4) is 28.1 Å². The molecule has 5 rings (SSSR count). The monoisotopic (exact) mass is 407 g/mol. The van der Waals surface area contributed by atoms with Gasteiger partial charge in [-0.1, -0.05) is 42.5 Å². The van der Waals surface area contributed by atoms with Gasteiger partial charge in [0, 0.05) is 36.3 Å². The highest BCUT2D eigenvalue weighted by Crippen LogP contribution is 2.38. The summed E-state index contributed by atoms with van der Waals surface area (Å²) in [5, 5.41) is 3.48. The Balaban J connectivity index is 1.57. The Morgan fingerprint density at radius 1 is 0.839 bits per heavy atom. The maximum absolute atomic E-state index is 5.24. The lowest BCUT2D eigenvalue weighted by Crippen LogP contribution is -2.03. The summed E-state index contributed by atoms with van der Waals surface area (Å²) in [5.41, 5.74) is 6.74. The molecule has 0 fully saturated rings. The van der Waals surface area contributed by atoms with Gasteiger partial charge in [-0.3, -0.25) is 4.98 Å². The van der Waals surface area contributed by atoms with E-state index in [4.69, 9.17) is 4.74 Å². The third kappa shape index (κ3) is 3.71. The molecule has 0 bridgehead atoms. The lowest BCUT2D eigenvalue weighted by molar-refractivity contribution is 0.414. The second-order valence-corrected chi connectivity index (χ2v) is 7.10. The first-order valence-corrected chi connectivity index (χ1v) is 10.0. The molecule has 2 N–H and O–H groups in total. The average molecular weight is 407 g/mol. The van der Waals surface area contributed by atoms with E-state index in [1.54, 1.807) is 25.7 Å². The van der Waals surface area contributed by atoms with Crippen LogP contribution in [0.15, 0.2) is 85.3 Å². The van der Waals surface area contributed by atoms with Crippen LogP contribution < -0.4 is 10.1 Å². The van der Waals surface area contributed by atoms with E-state index in [0.717, 1.165) is 50.7 Å². The van der Waals surface area contributed by atoms with Crippen molar-refractivity contribution in [3.63, 3.8) is 0 Å². The zero-order chi connectivity index (χ0) is 21.0. The lowest BCUT2D eigenvalue weighted by atomic mass is 10.0. The van der Waals surface area contributed by atoms with E-state index >= 15 is 0 Å². The van der Waals surface area contributed by atoms with Crippen molar-refractivity contribution < 1.29 is 4.74 Å². The van der Waals surface area contributed by atoms with E-state index in [2.05, 4.69) is 43.5 Å². The summed E-state index contributed by atoms with van der Waals surface area (Å²) in [6.07, 6.45) is 5.21. The molecular weight excluding hydrogens is 386 g/mol. The number of nitrogens with zero attached hydrogens (tertiary/aromatic N) is 3. The zero-order valence-corrected chi connectivity index (χ0v) is 17.0. The number of pyridine rings is 1. The Morgan fingerprint density at radius 2 is 1.65 bits per heavy atom. The standard InChI is InChI=1S/C25H21N5O/c1-31-19-11-9-17(10-12-19)16-29-24-20(8-5-13-27-24)22-21(18-6-3-2-4-7-18)23-25(30-22)28-15-14-26-23/h2-15H,16H2,1H3,(H,27,29)(H,28,30). The van der Waals surface area contributed by atoms with Crippen molar-refractivity contribution in [2.75, 3.05) is 12.4 Å².